The van der Waals surface area contributed by atoms with Crippen molar-refractivity contribution in [1.29, 1.82) is 0 Å². The van der Waals surface area contributed by atoms with Gasteiger partial charge in [0, 0.05) is 19.1 Å². The van der Waals surface area contributed by atoms with Crippen molar-refractivity contribution in [2.75, 3.05) is 20.1 Å². The van der Waals surface area contributed by atoms with Gasteiger partial charge in [0.2, 0.25) is 10.0 Å². The molecule has 0 aliphatic carbocycles. The van der Waals surface area contributed by atoms with E-state index < -0.39 is 21.7 Å². The Morgan fingerprint density at radius 3 is 2.65 bits per heavy atom. The van der Waals surface area contributed by atoms with E-state index >= 15 is 0 Å². The van der Waals surface area contributed by atoms with E-state index in [0.717, 1.165) is 31.0 Å². The first-order valence-corrected chi connectivity index (χ1v) is 7.52. The molecule has 1 aromatic rings. The molecule has 1 aliphatic rings. The summed E-state index contributed by atoms with van der Waals surface area (Å²) in [6.45, 7) is 0.955. The van der Waals surface area contributed by atoms with Crippen molar-refractivity contribution >= 4 is 22.4 Å². The number of halogens is 3. The molecule has 20 heavy (non-hydrogen) atoms. The molecule has 4 nitrogen and oxygen atoms in total. The number of likely N-dealkylation sites (N-methyl/N-ethyl adjacent to an activating group) is 1. The zero-order chi connectivity index (χ0) is 14.0. The second kappa shape index (κ2) is 6.80. The number of hydrogen-bond acceptors (Lipinski definition) is 3. The van der Waals surface area contributed by atoms with Gasteiger partial charge in [0.1, 0.15) is 0 Å². The smallest absolute Gasteiger partial charge is 0.243 e. The van der Waals surface area contributed by atoms with Gasteiger partial charge in [0.05, 0.1) is 4.90 Å². The third-order valence-corrected chi connectivity index (χ3v) is 5.21. The Hall–Kier alpha value is -0.760. The Labute approximate surface area is 123 Å². The summed E-state index contributed by atoms with van der Waals surface area (Å²) in [6.07, 6.45) is 1.54. The van der Waals surface area contributed by atoms with Gasteiger partial charge in [-0.1, -0.05) is 0 Å². The van der Waals surface area contributed by atoms with Gasteiger partial charge in [-0.2, -0.15) is 4.31 Å². The summed E-state index contributed by atoms with van der Waals surface area (Å²) in [5.41, 5.74) is 0. The van der Waals surface area contributed by atoms with Crippen LogP contribution in [0.15, 0.2) is 23.1 Å². The van der Waals surface area contributed by atoms with Crippen LogP contribution in [0.5, 0.6) is 0 Å². The van der Waals surface area contributed by atoms with Crippen molar-refractivity contribution in [3.8, 4) is 0 Å². The van der Waals surface area contributed by atoms with Gasteiger partial charge < -0.3 is 5.32 Å². The lowest BCUT2D eigenvalue weighted by Gasteiger charge is -2.23. The van der Waals surface area contributed by atoms with Crippen molar-refractivity contribution in [3.05, 3.63) is 29.8 Å². The second-order valence-corrected chi connectivity index (χ2v) is 6.44. The van der Waals surface area contributed by atoms with E-state index in [4.69, 9.17) is 0 Å². The Morgan fingerprint density at radius 2 is 2.05 bits per heavy atom. The van der Waals surface area contributed by atoms with Crippen LogP contribution in [0.3, 0.4) is 0 Å². The number of nitrogens with zero attached hydrogens (tertiary/aromatic N) is 1. The summed E-state index contributed by atoms with van der Waals surface area (Å²) in [5, 5.41) is 2.94. The number of rotatable bonds is 4. The third kappa shape index (κ3) is 3.28. The van der Waals surface area contributed by atoms with E-state index in [2.05, 4.69) is 5.32 Å². The van der Waals surface area contributed by atoms with Gasteiger partial charge >= 0.3 is 0 Å². The Balaban J connectivity index is 0.00000200. The van der Waals surface area contributed by atoms with Crippen LogP contribution in [0.1, 0.15) is 12.8 Å². The van der Waals surface area contributed by atoms with Crippen molar-refractivity contribution in [1.82, 2.24) is 9.62 Å². The minimum Gasteiger partial charge on any atom is -0.318 e. The van der Waals surface area contributed by atoms with Crippen molar-refractivity contribution in [2.24, 2.45) is 0 Å². The number of sulfonamides is 1. The molecule has 1 aliphatic heterocycles. The Bertz CT molecular complexity index is 569. The SMILES string of the molecule is CNCC1CCCN1S(=O)(=O)c1ccc(F)c(F)c1.Cl. The average Bonchev–Trinajstić information content (AvgIpc) is 2.82. The summed E-state index contributed by atoms with van der Waals surface area (Å²) in [4.78, 5) is -0.200. The predicted molar refractivity (Wildman–Crippen MR) is 74.4 cm³/mol. The Morgan fingerprint density at radius 1 is 1.35 bits per heavy atom. The molecular formula is C12H17ClF2N2O2S. The molecule has 1 aromatic carbocycles. The maximum absolute atomic E-state index is 13.2. The largest absolute Gasteiger partial charge is 0.318 e. The van der Waals surface area contributed by atoms with Crippen molar-refractivity contribution in [2.45, 2.75) is 23.8 Å². The zero-order valence-corrected chi connectivity index (χ0v) is 12.6. The van der Waals surface area contributed by atoms with E-state index in [1.54, 1.807) is 7.05 Å². The number of benzene rings is 1. The third-order valence-electron chi connectivity index (χ3n) is 3.26. The molecule has 1 heterocycles. The molecule has 1 saturated heterocycles. The van der Waals surface area contributed by atoms with Crippen molar-refractivity contribution in [3.63, 3.8) is 0 Å². The van der Waals surface area contributed by atoms with Gasteiger partial charge in [0.25, 0.3) is 0 Å². The van der Waals surface area contributed by atoms with Crippen molar-refractivity contribution < 1.29 is 17.2 Å². The minimum absolute atomic E-state index is 0. The van der Waals surface area contributed by atoms with E-state index in [9.17, 15) is 17.2 Å². The molecule has 1 unspecified atom stereocenters. The van der Waals surface area contributed by atoms with Gasteiger partial charge in [-0.25, -0.2) is 17.2 Å². The minimum atomic E-state index is -3.76. The highest BCUT2D eigenvalue weighted by Gasteiger charge is 2.35. The van der Waals surface area contributed by atoms with Gasteiger partial charge in [-0.15, -0.1) is 12.4 Å². The maximum Gasteiger partial charge on any atom is 0.243 e. The molecule has 0 amide bonds. The molecule has 1 atom stereocenters. The van der Waals surface area contributed by atoms with E-state index in [0.29, 0.717) is 13.1 Å². The van der Waals surface area contributed by atoms with Gasteiger partial charge in [0.15, 0.2) is 11.6 Å². The summed E-state index contributed by atoms with van der Waals surface area (Å²) in [5.74, 6) is -2.20. The molecule has 2 rings (SSSR count). The van der Waals surface area contributed by atoms with Crippen LogP contribution in [-0.2, 0) is 10.0 Å². The highest BCUT2D eigenvalue weighted by molar-refractivity contribution is 7.89. The quantitative estimate of drug-likeness (QED) is 0.917. The number of nitrogens with one attached hydrogen (secondary N) is 1. The molecular weight excluding hydrogens is 310 g/mol. The molecule has 0 saturated carbocycles. The lowest BCUT2D eigenvalue weighted by molar-refractivity contribution is 0.378. The first-order valence-electron chi connectivity index (χ1n) is 6.08. The molecule has 114 valence electrons. The Kier molecular flexibility index (Phi) is 5.88. The van der Waals surface area contributed by atoms with Gasteiger partial charge in [-0.05, 0) is 38.1 Å². The molecule has 0 spiro atoms. The first-order chi connectivity index (χ1) is 8.96. The predicted octanol–water partition coefficient (Wildman–Crippen LogP) is 1.76. The molecule has 1 N–H and O–H groups in total. The summed E-state index contributed by atoms with van der Waals surface area (Å²) in [7, 11) is -2.01. The normalized spacial score (nSPS) is 19.9. The zero-order valence-electron chi connectivity index (χ0n) is 11.0. The lowest BCUT2D eigenvalue weighted by Crippen LogP contribution is -2.40. The fourth-order valence-electron chi connectivity index (χ4n) is 2.34. The fourth-order valence-corrected chi connectivity index (χ4v) is 4.04. The number of hydrogen-bond donors (Lipinski definition) is 1. The van der Waals surface area contributed by atoms with Crippen LogP contribution in [0, 0.1) is 11.6 Å². The monoisotopic (exact) mass is 326 g/mol. The van der Waals surface area contributed by atoms with Crippen LogP contribution in [0.25, 0.3) is 0 Å². The molecule has 8 heteroatoms. The van der Waals surface area contributed by atoms with Crippen LogP contribution in [-0.4, -0.2) is 38.9 Å². The topological polar surface area (TPSA) is 49.4 Å². The van der Waals surface area contributed by atoms with Crippen LogP contribution in [0.4, 0.5) is 8.78 Å². The standard InChI is InChI=1S/C12H16F2N2O2S.ClH/c1-15-8-9-3-2-6-16(9)19(17,18)10-4-5-11(13)12(14)7-10;/h4-5,7,9,15H,2-3,6,8H2,1H3;1H. The molecule has 0 radical (unpaired) electrons. The highest BCUT2D eigenvalue weighted by Crippen LogP contribution is 2.26. The lowest BCUT2D eigenvalue weighted by atomic mass is 10.2. The van der Waals surface area contributed by atoms with Gasteiger partial charge in [-0.3, -0.25) is 0 Å². The molecule has 1 fully saturated rings. The van der Waals surface area contributed by atoms with E-state index in [-0.39, 0.29) is 23.3 Å². The van der Waals surface area contributed by atoms with Crippen LogP contribution < -0.4 is 5.32 Å². The highest BCUT2D eigenvalue weighted by atomic mass is 35.5. The first kappa shape index (κ1) is 17.3. The van der Waals surface area contributed by atoms with E-state index in [1.165, 1.54) is 4.31 Å². The van der Waals surface area contributed by atoms with Crippen LogP contribution >= 0.6 is 12.4 Å². The average molecular weight is 327 g/mol. The summed E-state index contributed by atoms with van der Waals surface area (Å²) < 4.78 is 52.2. The maximum atomic E-state index is 13.2. The summed E-state index contributed by atoms with van der Waals surface area (Å²) >= 11 is 0. The molecule has 0 bridgehead atoms. The fraction of sp³-hybridized carbons (Fsp3) is 0.500. The van der Waals surface area contributed by atoms with E-state index in [1.807, 2.05) is 0 Å². The van der Waals surface area contributed by atoms with Crippen LogP contribution in [0.2, 0.25) is 0 Å². The second-order valence-electron chi connectivity index (χ2n) is 4.55. The summed E-state index contributed by atoms with van der Waals surface area (Å²) in [6, 6.07) is 2.54. The molecule has 0 aromatic heterocycles.